The number of rotatable bonds is 10. The molecular weight excluding hydrogens is 556 g/mol. The summed E-state index contributed by atoms with van der Waals surface area (Å²) >= 11 is 6.16. The lowest BCUT2D eigenvalue weighted by molar-refractivity contribution is -0.0372. The van der Waals surface area contributed by atoms with Gasteiger partial charge in [-0.25, -0.2) is 14.7 Å². The molecule has 1 atom stereocenters. The van der Waals surface area contributed by atoms with E-state index in [4.69, 9.17) is 26.8 Å². The molecule has 3 aromatic carbocycles. The number of ether oxygens (including phenoxy) is 2. The summed E-state index contributed by atoms with van der Waals surface area (Å²) in [6.45, 7) is 4.68. The third kappa shape index (κ3) is 8.47. The number of carbonyl (C=O) groups is 2. The van der Waals surface area contributed by atoms with Gasteiger partial charge in [-0.1, -0.05) is 65.9 Å². The molecule has 0 radical (unpaired) electrons. The van der Waals surface area contributed by atoms with Crippen molar-refractivity contribution in [3.05, 3.63) is 100 Å². The first-order chi connectivity index (χ1) is 20.4. The van der Waals surface area contributed by atoms with Crippen molar-refractivity contribution in [3.63, 3.8) is 0 Å². The summed E-state index contributed by atoms with van der Waals surface area (Å²) in [4.78, 5) is 28.2. The molecule has 9 nitrogen and oxygen atoms in total. The van der Waals surface area contributed by atoms with Crippen LogP contribution < -0.4 is 10.5 Å². The lowest BCUT2D eigenvalue weighted by Gasteiger charge is -2.39. The van der Waals surface area contributed by atoms with Gasteiger partial charge in [0.2, 0.25) is 0 Å². The van der Waals surface area contributed by atoms with Gasteiger partial charge in [-0.15, -0.1) is 0 Å². The van der Waals surface area contributed by atoms with E-state index < -0.39 is 12.0 Å². The Morgan fingerprint density at radius 1 is 1.02 bits per heavy atom. The van der Waals surface area contributed by atoms with Crippen LogP contribution in [0.2, 0.25) is 5.02 Å². The van der Waals surface area contributed by atoms with Crippen LogP contribution in [0.1, 0.15) is 39.5 Å². The summed E-state index contributed by atoms with van der Waals surface area (Å²) in [6.07, 6.45) is 0.213. The van der Waals surface area contributed by atoms with Gasteiger partial charge in [-0.05, 0) is 41.5 Å². The van der Waals surface area contributed by atoms with Crippen LogP contribution in [-0.2, 0) is 4.74 Å². The molecule has 1 aliphatic heterocycles. The number of primary amides is 1. The number of nitrogens with two attached hydrogens (primary N) is 1. The average molecular weight is 591 g/mol. The Bertz CT molecular complexity index is 1400. The average Bonchev–Trinajstić information content (AvgIpc) is 3.01. The highest BCUT2D eigenvalue weighted by Crippen LogP contribution is 2.30. The van der Waals surface area contributed by atoms with E-state index in [9.17, 15) is 14.8 Å². The van der Waals surface area contributed by atoms with Gasteiger partial charge in [-0.2, -0.15) is 0 Å². The highest BCUT2D eigenvalue weighted by Gasteiger charge is 2.26. The predicted octanol–water partition coefficient (Wildman–Crippen LogP) is 4.42. The van der Waals surface area contributed by atoms with Crippen molar-refractivity contribution in [2.75, 3.05) is 53.0 Å². The van der Waals surface area contributed by atoms with E-state index in [0.29, 0.717) is 29.5 Å². The number of halogens is 1. The van der Waals surface area contributed by atoms with Gasteiger partial charge in [-0.3, -0.25) is 15.0 Å². The number of hydrogen-bond donors (Lipinski definition) is 2. The van der Waals surface area contributed by atoms with E-state index in [2.05, 4.69) is 58.0 Å². The largest absolute Gasteiger partial charge is 0.491 e. The molecule has 0 spiro atoms. The maximum absolute atomic E-state index is 12.4. The summed E-state index contributed by atoms with van der Waals surface area (Å²) in [5.74, 6) is 5.66. The van der Waals surface area contributed by atoms with Gasteiger partial charge < -0.3 is 15.2 Å². The molecule has 10 heteroatoms. The first kappa shape index (κ1) is 30.9. The first-order valence-electron chi connectivity index (χ1n) is 13.7. The SMILES string of the molecule is COC(=O)c1cc(C#CCCN(O)C(N)=O)ccc1OCCN1CCN(C(c2ccccc2)c2ccc(Cl)cc2)CC1. The van der Waals surface area contributed by atoms with Gasteiger partial charge in [0.25, 0.3) is 0 Å². The normalized spacial score (nSPS) is 14.4. The maximum atomic E-state index is 12.4. The van der Waals surface area contributed by atoms with Crippen LogP contribution in [0.3, 0.4) is 0 Å². The number of hydrogen-bond acceptors (Lipinski definition) is 7. The third-order valence-electron chi connectivity index (χ3n) is 7.06. The number of hydroxylamine groups is 2. The number of piperazine rings is 1. The van der Waals surface area contributed by atoms with Gasteiger partial charge in [0, 0.05) is 49.7 Å². The summed E-state index contributed by atoms with van der Waals surface area (Å²) in [6, 6.07) is 22.9. The summed E-state index contributed by atoms with van der Waals surface area (Å²) in [7, 11) is 1.32. The standard InChI is InChI=1S/C32H35ClN4O5/c1-41-31(38)28-23-24(7-5-6-16-37(40)32(34)39)10-15-29(28)42-22-21-35-17-19-36(20-18-35)30(25-8-3-2-4-9-25)26-11-13-27(33)14-12-26/h2-4,8-15,23,30,40H,6,16-22H2,1H3,(H2,34,39). The number of methoxy groups -OCH3 is 1. The van der Waals surface area contributed by atoms with Crippen molar-refractivity contribution >= 4 is 23.6 Å². The van der Waals surface area contributed by atoms with Crippen molar-refractivity contribution in [2.45, 2.75) is 12.5 Å². The fourth-order valence-corrected chi connectivity index (χ4v) is 4.99. The Labute approximate surface area is 251 Å². The van der Waals surface area contributed by atoms with Crippen LogP contribution in [0.5, 0.6) is 5.75 Å². The van der Waals surface area contributed by atoms with E-state index in [-0.39, 0.29) is 24.6 Å². The quantitative estimate of drug-likeness (QED) is 0.156. The van der Waals surface area contributed by atoms with Crippen molar-refractivity contribution < 1.29 is 24.3 Å². The van der Waals surface area contributed by atoms with Gasteiger partial charge in [0.15, 0.2) is 0 Å². The minimum atomic E-state index is -0.942. The molecule has 0 aromatic heterocycles. The van der Waals surface area contributed by atoms with E-state index in [0.717, 1.165) is 31.2 Å². The van der Waals surface area contributed by atoms with Crippen LogP contribution in [0.4, 0.5) is 4.79 Å². The van der Waals surface area contributed by atoms with Gasteiger partial charge >= 0.3 is 12.0 Å². The minimum absolute atomic E-state index is 0.0182. The Hall–Kier alpha value is -4.07. The van der Waals surface area contributed by atoms with Crippen molar-refractivity contribution in [2.24, 2.45) is 5.73 Å². The second-order valence-corrected chi connectivity index (χ2v) is 10.2. The van der Waals surface area contributed by atoms with Gasteiger partial charge in [0.05, 0.1) is 19.7 Å². The highest BCUT2D eigenvalue weighted by atomic mass is 35.5. The molecule has 0 aliphatic carbocycles. The molecule has 4 rings (SSSR count). The zero-order valence-corrected chi connectivity index (χ0v) is 24.3. The van der Waals surface area contributed by atoms with E-state index >= 15 is 0 Å². The molecule has 1 unspecified atom stereocenters. The molecule has 220 valence electrons. The van der Waals surface area contributed by atoms with Crippen LogP contribution >= 0.6 is 11.6 Å². The molecule has 1 saturated heterocycles. The molecule has 42 heavy (non-hydrogen) atoms. The van der Waals surface area contributed by atoms with Crippen molar-refractivity contribution in [3.8, 4) is 17.6 Å². The summed E-state index contributed by atoms with van der Waals surface area (Å²) < 4.78 is 11.0. The van der Waals surface area contributed by atoms with Gasteiger partial charge in [0.1, 0.15) is 17.9 Å². The topological polar surface area (TPSA) is 109 Å². The lowest BCUT2D eigenvalue weighted by atomic mass is 9.96. The molecule has 0 saturated carbocycles. The zero-order valence-electron chi connectivity index (χ0n) is 23.5. The number of esters is 1. The van der Waals surface area contributed by atoms with E-state index in [1.54, 1.807) is 18.2 Å². The number of amides is 2. The molecule has 3 N–H and O–H groups in total. The summed E-state index contributed by atoms with van der Waals surface area (Å²) in [5, 5.41) is 10.5. The van der Waals surface area contributed by atoms with Crippen LogP contribution in [-0.4, -0.2) is 85.1 Å². The first-order valence-corrected chi connectivity index (χ1v) is 14.1. The Kier molecular flexibility index (Phi) is 11.2. The number of nitrogens with zero attached hydrogens (tertiary/aromatic N) is 3. The molecule has 1 heterocycles. The van der Waals surface area contributed by atoms with Crippen LogP contribution in [0.25, 0.3) is 0 Å². The molecule has 1 aliphatic rings. The maximum Gasteiger partial charge on any atom is 0.341 e. The number of benzene rings is 3. The molecular formula is C32H35ClN4O5. The number of carbonyl (C=O) groups excluding carboxylic acids is 2. The monoisotopic (exact) mass is 590 g/mol. The second kappa shape index (κ2) is 15.2. The fourth-order valence-electron chi connectivity index (χ4n) is 4.86. The van der Waals surface area contributed by atoms with Crippen LogP contribution in [0, 0.1) is 11.8 Å². The summed E-state index contributed by atoms with van der Waals surface area (Å²) in [5.41, 5.74) is 8.31. The Morgan fingerprint density at radius 2 is 1.71 bits per heavy atom. The highest BCUT2D eigenvalue weighted by molar-refractivity contribution is 6.30. The van der Waals surface area contributed by atoms with E-state index in [1.165, 1.54) is 18.2 Å². The number of urea groups is 1. The molecule has 0 bridgehead atoms. The zero-order chi connectivity index (χ0) is 29.9. The fraction of sp³-hybridized carbons (Fsp3) is 0.312. The molecule has 2 amide bonds. The Balaban J connectivity index is 1.33. The lowest BCUT2D eigenvalue weighted by Crippen LogP contribution is -2.48. The molecule has 3 aromatic rings. The Morgan fingerprint density at radius 3 is 2.38 bits per heavy atom. The minimum Gasteiger partial charge on any atom is -0.491 e. The van der Waals surface area contributed by atoms with Crippen molar-refractivity contribution in [1.82, 2.24) is 14.9 Å². The third-order valence-corrected chi connectivity index (χ3v) is 7.31. The molecule has 1 fully saturated rings. The van der Waals surface area contributed by atoms with Crippen molar-refractivity contribution in [1.29, 1.82) is 0 Å². The smallest absolute Gasteiger partial charge is 0.341 e. The second-order valence-electron chi connectivity index (χ2n) is 9.81. The van der Waals surface area contributed by atoms with E-state index in [1.807, 2.05) is 18.2 Å². The van der Waals surface area contributed by atoms with Crippen LogP contribution in [0.15, 0.2) is 72.8 Å². The predicted molar refractivity (Wildman–Crippen MR) is 161 cm³/mol.